The van der Waals surface area contributed by atoms with Crippen molar-refractivity contribution >= 4 is 17.6 Å². The lowest BCUT2D eigenvalue weighted by Crippen LogP contribution is -2.45. The first-order chi connectivity index (χ1) is 11.8. The smallest absolute Gasteiger partial charge is 0.353 e. The largest absolute Gasteiger partial charge is 0.418 e. The number of rotatable bonds is 3. The van der Waals surface area contributed by atoms with Gasteiger partial charge in [0.1, 0.15) is 0 Å². The highest BCUT2D eigenvalue weighted by molar-refractivity contribution is 5.90. The van der Waals surface area contributed by atoms with E-state index < -0.39 is 17.8 Å². The fourth-order valence-corrected chi connectivity index (χ4v) is 2.93. The molecule has 0 radical (unpaired) electrons. The van der Waals surface area contributed by atoms with E-state index in [1.807, 2.05) is 0 Å². The van der Waals surface area contributed by atoms with Gasteiger partial charge in [-0.2, -0.15) is 13.2 Å². The summed E-state index contributed by atoms with van der Waals surface area (Å²) in [7, 11) is 0. The van der Waals surface area contributed by atoms with Gasteiger partial charge in [-0.1, -0.05) is 12.1 Å². The van der Waals surface area contributed by atoms with Crippen LogP contribution in [-0.4, -0.2) is 36.0 Å². The number of anilines is 1. The first-order valence-electron chi connectivity index (χ1n) is 8.37. The molecule has 0 spiro atoms. The second-order valence-electron chi connectivity index (χ2n) is 6.52. The Hall–Kier alpha value is -2.25. The van der Waals surface area contributed by atoms with E-state index in [1.165, 1.54) is 23.1 Å². The number of piperidine rings is 1. The molecule has 0 aromatic heterocycles. The van der Waals surface area contributed by atoms with Gasteiger partial charge in [0.25, 0.3) is 0 Å². The molecule has 2 N–H and O–H groups in total. The van der Waals surface area contributed by atoms with Crippen LogP contribution in [0.3, 0.4) is 0 Å². The van der Waals surface area contributed by atoms with Crippen LogP contribution < -0.4 is 10.6 Å². The summed E-state index contributed by atoms with van der Waals surface area (Å²) in [6.07, 6.45) is -1.45. The molecule has 0 atom stereocenters. The maximum absolute atomic E-state index is 13.0. The number of para-hydroxylation sites is 1. The molecular weight excluding hydrogens is 335 g/mol. The van der Waals surface area contributed by atoms with Gasteiger partial charge >= 0.3 is 12.2 Å². The van der Waals surface area contributed by atoms with Crippen molar-refractivity contribution in [2.45, 2.75) is 37.9 Å². The van der Waals surface area contributed by atoms with E-state index in [1.54, 1.807) is 0 Å². The molecule has 8 heteroatoms. The van der Waals surface area contributed by atoms with Crippen molar-refractivity contribution in [3.63, 3.8) is 0 Å². The molecule has 5 nitrogen and oxygen atoms in total. The summed E-state index contributed by atoms with van der Waals surface area (Å²) in [5.41, 5.74) is -1.13. The third-order valence-electron chi connectivity index (χ3n) is 4.55. The van der Waals surface area contributed by atoms with Gasteiger partial charge in [0.15, 0.2) is 0 Å². The van der Waals surface area contributed by atoms with Crippen LogP contribution in [-0.2, 0) is 11.0 Å². The van der Waals surface area contributed by atoms with E-state index in [-0.39, 0.29) is 17.5 Å². The average molecular weight is 355 g/mol. The SMILES string of the molecule is O=C(NC1CC1)C1CCN(C(=O)Nc2ccccc2C(F)(F)F)CC1. The highest BCUT2D eigenvalue weighted by Gasteiger charge is 2.35. The number of amides is 3. The molecule has 2 fully saturated rings. The zero-order chi connectivity index (χ0) is 18.0. The van der Waals surface area contributed by atoms with Crippen molar-refractivity contribution in [2.24, 2.45) is 5.92 Å². The number of alkyl halides is 3. The quantitative estimate of drug-likeness (QED) is 0.875. The third kappa shape index (κ3) is 4.43. The lowest BCUT2D eigenvalue weighted by atomic mass is 9.96. The molecular formula is C17H20F3N3O2. The van der Waals surface area contributed by atoms with E-state index in [2.05, 4.69) is 10.6 Å². The Morgan fingerprint density at radius 1 is 1.04 bits per heavy atom. The van der Waals surface area contributed by atoms with E-state index in [9.17, 15) is 22.8 Å². The maximum Gasteiger partial charge on any atom is 0.418 e. The van der Waals surface area contributed by atoms with Crippen molar-refractivity contribution in [2.75, 3.05) is 18.4 Å². The highest BCUT2D eigenvalue weighted by atomic mass is 19.4. The first-order valence-corrected chi connectivity index (χ1v) is 8.37. The summed E-state index contributed by atoms with van der Waals surface area (Å²) in [4.78, 5) is 25.7. The number of likely N-dealkylation sites (tertiary alicyclic amines) is 1. The molecule has 2 aliphatic rings. The molecule has 1 saturated heterocycles. The standard InChI is InChI=1S/C17H20F3N3O2/c18-17(19,20)13-3-1-2-4-14(13)22-16(25)23-9-7-11(8-10-23)15(24)21-12-5-6-12/h1-4,11-12H,5-10H2,(H,21,24)(H,22,25). The van der Waals surface area contributed by atoms with Crippen LogP contribution in [0.4, 0.5) is 23.7 Å². The average Bonchev–Trinajstić information content (AvgIpc) is 3.38. The molecule has 1 aromatic rings. The molecule has 1 aromatic carbocycles. The van der Waals surface area contributed by atoms with Crippen LogP contribution in [0.1, 0.15) is 31.2 Å². The maximum atomic E-state index is 13.0. The summed E-state index contributed by atoms with van der Waals surface area (Å²) in [5, 5.41) is 5.29. The van der Waals surface area contributed by atoms with Crippen molar-refractivity contribution in [1.29, 1.82) is 0 Å². The summed E-state index contributed by atoms with van der Waals surface area (Å²) in [6, 6.07) is 4.62. The highest BCUT2D eigenvalue weighted by Crippen LogP contribution is 2.34. The van der Waals surface area contributed by atoms with Crippen LogP contribution >= 0.6 is 0 Å². The summed E-state index contributed by atoms with van der Waals surface area (Å²) >= 11 is 0. The Balaban J connectivity index is 1.56. The number of hydrogen-bond acceptors (Lipinski definition) is 2. The van der Waals surface area contributed by atoms with Crippen LogP contribution in [0.5, 0.6) is 0 Å². The van der Waals surface area contributed by atoms with E-state index in [4.69, 9.17) is 0 Å². The zero-order valence-electron chi connectivity index (χ0n) is 13.6. The molecule has 0 unspecified atom stereocenters. The monoisotopic (exact) mass is 355 g/mol. The van der Waals surface area contributed by atoms with Gasteiger partial charge in [-0.05, 0) is 37.8 Å². The molecule has 25 heavy (non-hydrogen) atoms. The van der Waals surface area contributed by atoms with Gasteiger partial charge in [-0.3, -0.25) is 4.79 Å². The van der Waals surface area contributed by atoms with Crippen LogP contribution in [0.15, 0.2) is 24.3 Å². The Morgan fingerprint density at radius 2 is 1.68 bits per heavy atom. The lowest BCUT2D eigenvalue weighted by molar-refractivity contribution is -0.137. The van der Waals surface area contributed by atoms with Crippen molar-refractivity contribution in [3.05, 3.63) is 29.8 Å². The minimum atomic E-state index is -4.53. The van der Waals surface area contributed by atoms with Crippen LogP contribution in [0.2, 0.25) is 0 Å². The van der Waals surface area contributed by atoms with Crippen LogP contribution in [0.25, 0.3) is 0 Å². The van der Waals surface area contributed by atoms with E-state index in [0.29, 0.717) is 32.0 Å². The topological polar surface area (TPSA) is 61.4 Å². The van der Waals surface area contributed by atoms with Gasteiger partial charge in [0.2, 0.25) is 5.91 Å². The van der Waals surface area contributed by atoms with Crippen molar-refractivity contribution in [3.8, 4) is 0 Å². The number of nitrogens with one attached hydrogen (secondary N) is 2. The number of benzene rings is 1. The molecule has 0 bridgehead atoms. The molecule has 3 rings (SSSR count). The third-order valence-corrected chi connectivity index (χ3v) is 4.55. The van der Waals surface area contributed by atoms with Gasteiger partial charge in [0.05, 0.1) is 11.3 Å². The second-order valence-corrected chi connectivity index (χ2v) is 6.52. The lowest BCUT2D eigenvalue weighted by Gasteiger charge is -2.31. The number of carbonyl (C=O) groups excluding carboxylic acids is 2. The number of halogens is 3. The van der Waals surface area contributed by atoms with E-state index in [0.717, 1.165) is 18.9 Å². The van der Waals surface area contributed by atoms with E-state index >= 15 is 0 Å². The normalized spacial score (nSPS) is 18.8. The molecule has 1 aliphatic carbocycles. The molecule has 136 valence electrons. The first kappa shape index (κ1) is 17.6. The van der Waals surface area contributed by atoms with Gasteiger partial charge in [0, 0.05) is 25.0 Å². The molecule has 1 saturated carbocycles. The molecule has 3 amide bonds. The number of urea groups is 1. The summed E-state index contributed by atoms with van der Waals surface area (Å²) in [5.74, 6) is -0.114. The van der Waals surface area contributed by atoms with Crippen LogP contribution in [0, 0.1) is 5.92 Å². The predicted octanol–water partition coefficient (Wildman–Crippen LogP) is 3.23. The Morgan fingerprint density at radius 3 is 2.28 bits per heavy atom. The Kier molecular flexibility index (Phi) is 4.87. The van der Waals surface area contributed by atoms with Crippen molar-refractivity contribution in [1.82, 2.24) is 10.2 Å². The zero-order valence-corrected chi connectivity index (χ0v) is 13.6. The fraction of sp³-hybridized carbons (Fsp3) is 0.529. The summed E-state index contributed by atoms with van der Waals surface area (Å²) in [6.45, 7) is 0.700. The number of carbonyl (C=O) groups is 2. The Labute approximate surface area is 143 Å². The van der Waals surface area contributed by atoms with Gasteiger partial charge < -0.3 is 15.5 Å². The Bertz CT molecular complexity index is 651. The molecule has 1 heterocycles. The predicted molar refractivity (Wildman–Crippen MR) is 85.9 cm³/mol. The minimum Gasteiger partial charge on any atom is -0.353 e. The summed E-state index contributed by atoms with van der Waals surface area (Å²) < 4.78 is 38.9. The number of nitrogens with zero attached hydrogens (tertiary/aromatic N) is 1. The van der Waals surface area contributed by atoms with Gasteiger partial charge in [-0.15, -0.1) is 0 Å². The van der Waals surface area contributed by atoms with Crippen molar-refractivity contribution < 1.29 is 22.8 Å². The minimum absolute atomic E-state index is 0.0185. The fourth-order valence-electron chi connectivity index (χ4n) is 2.93. The second kappa shape index (κ2) is 6.93. The molecule has 1 aliphatic heterocycles. The van der Waals surface area contributed by atoms with Gasteiger partial charge in [-0.25, -0.2) is 4.79 Å². The number of hydrogen-bond donors (Lipinski definition) is 2.